The molecule has 0 radical (unpaired) electrons. The highest BCUT2D eigenvalue weighted by molar-refractivity contribution is 5.29. The van der Waals surface area contributed by atoms with Gasteiger partial charge >= 0.3 is 0 Å². The number of rotatable bonds is 6. The molecular weight excluding hydrogens is 274 g/mol. The molecule has 2 aromatic carbocycles. The maximum atomic E-state index is 13.7. The van der Waals surface area contributed by atoms with Crippen molar-refractivity contribution < 1.29 is 18.6 Å². The summed E-state index contributed by atoms with van der Waals surface area (Å²) >= 11 is 0. The Bertz CT molecular complexity index is 599. The fourth-order valence-electron chi connectivity index (χ4n) is 2.33. The minimum atomic E-state index is -0.593. The van der Waals surface area contributed by atoms with Crippen LogP contribution in [0.3, 0.4) is 0 Å². The minimum Gasteiger partial charge on any atom is -0.497 e. The molecule has 1 N–H and O–H groups in total. The number of methoxy groups -OCH3 is 1. The summed E-state index contributed by atoms with van der Waals surface area (Å²) in [6, 6.07) is 11.1. The number of aliphatic hydroxyl groups is 1. The van der Waals surface area contributed by atoms with E-state index in [0.717, 1.165) is 17.4 Å². The van der Waals surface area contributed by atoms with Crippen LogP contribution in [0.15, 0.2) is 42.5 Å². The first kappa shape index (κ1) is 15.4. The Hall–Kier alpha value is -1.94. The van der Waals surface area contributed by atoms with Crippen LogP contribution in [0.5, 0.6) is 5.75 Å². The first-order valence-electron chi connectivity index (χ1n) is 6.80. The van der Waals surface area contributed by atoms with E-state index in [0.29, 0.717) is 18.4 Å². The van der Waals surface area contributed by atoms with Gasteiger partial charge in [0, 0.05) is 12.7 Å². The van der Waals surface area contributed by atoms with Gasteiger partial charge in [0.25, 0.3) is 0 Å². The zero-order valence-electron chi connectivity index (χ0n) is 11.9. The molecule has 0 aliphatic heterocycles. The molecule has 0 saturated heterocycles. The predicted octanol–water partition coefficient (Wildman–Crippen LogP) is 3.37. The van der Waals surface area contributed by atoms with E-state index in [-0.39, 0.29) is 12.5 Å². The van der Waals surface area contributed by atoms with Crippen molar-refractivity contribution >= 4 is 0 Å². The molecule has 0 amide bonds. The van der Waals surface area contributed by atoms with E-state index in [1.165, 1.54) is 12.1 Å². The summed E-state index contributed by atoms with van der Waals surface area (Å²) in [7, 11) is 1.59. The Morgan fingerprint density at radius 1 is 1.10 bits per heavy atom. The average Bonchev–Trinajstić information content (AvgIpc) is 2.49. The minimum absolute atomic E-state index is 0.0615. The molecule has 0 aliphatic carbocycles. The number of hydrogen-bond acceptors (Lipinski definition) is 2. The molecule has 0 aliphatic rings. The topological polar surface area (TPSA) is 29.5 Å². The SMILES string of the molecule is COc1cccc(CC(CO)Cc2ccc(F)cc2F)c1. The lowest BCUT2D eigenvalue weighted by Gasteiger charge is -2.15. The molecule has 0 heterocycles. The normalized spacial score (nSPS) is 12.2. The summed E-state index contributed by atoms with van der Waals surface area (Å²) in [5.74, 6) is -0.544. The second-order valence-corrected chi connectivity index (χ2v) is 5.04. The molecule has 21 heavy (non-hydrogen) atoms. The fraction of sp³-hybridized carbons (Fsp3) is 0.294. The van der Waals surface area contributed by atoms with Gasteiger partial charge in [0.1, 0.15) is 17.4 Å². The number of halogens is 2. The van der Waals surface area contributed by atoms with Gasteiger partial charge in [0.15, 0.2) is 0 Å². The van der Waals surface area contributed by atoms with Crippen molar-refractivity contribution in [1.29, 1.82) is 0 Å². The van der Waals surface area contributed by atoms with Crippen molar-refractivity contribution in [2.75, 3.05) is 13.7 Å². The molecule has 0 fully saturated rings. The van der Waals surface area contributed by atoms with Gasteiger partial charge in [0.2, 0.25) is 0 Å². The number of benzene rings is 2. The average molecular weight is 292 g/mol. The number of aliphatic hydroxyl groups excluding tert-OH is 1. The molecule has 1 atom stereocenters. The lowest BCUT2D eigenvalue weighted by Crippen LogP contribution is -2.14. The van der Waals surface area contributed by atoms with Gasteiger partial charge in [-0.25, -0.2) is 8.78 Å². The van der Waals surface area contributed by atoms with Crippen LogP contribution < -0.4 is 4.74 Å². The van der Waals surface area contributed by atoms with E-state index in [1.54, 1.807) is 7.11 Å². The van der Waals surface area contributed by atoms with Crippen LogP contribution in [0.1, 0.15) is 11.1 Å². The lowest BCUT2D eigenvalue weighted by molar-refractivity contribution is 0.224. The van der Waals surface area contributed by atoms with E-state index in [1.807, 2.05) is 24.3 Å². The van der Waals surface area contributed by atoms with Crippen molar-refractivity contribution in [2.24, 2.45) is 5.92 Å². The Labute approximate surface area is 123 Å². The molecule has 4 heteroatoms. The van der Waals surface area contributed by atoms with Crippen LogP contribution in [0.2, 0.25) is 0 Å². The molecular formula is C17H18F2O2. The van der Waals surface area contributed by atoms with Gasteiger partial charge in [-0.2, -0.15) is 0 Å². The van der Waals surface area contributed by atoms with Gasteiger partial charge in [-0.05, 0) is 48.1 Å². The molecule has 112 valence electrons. The van der Waals surface area contributed by atoms with Gasteiger partial charge in [-0.15, -0.1) is 0 Å². The summed E-state index contributed by atoms with van der Waals surface area (Å²) in [5, 5.41) is 9.49. The third-order valence-corrected chi connectivity index (χ3v) is 3.44. The summed E-state index contributed by atoms with van der Waals surface area (Å²) < 4.78 is 31.7. The maximum Gasteiger partial charge on any atom is 0.129 e. The summed E-state index contributed by atoms with van der Waals surface area (Å²) in [5.41, 5.74) is 1.43. The molecule has 2 nitrogen and oxygen atoms in total. The molecule has 0 bridgehead atoms. The zero-order chi connectivity index (χ0) is 15.2. The summed E-state index contributed by atoms with van der Waals surface area (Å²) in [6.45, 7) is -0.0615. The number of hydrogen-bond donors (Lipinski definition) is 1. The van der Waals surface area contributed by atoms with Crippen LogP contribution in [-0.2, 0) is 12.8 Å². The van der Waals surface area contributed by atoms with E-state index in [9.17, 15) is 13.9 Å². The third kappa shape index (κ3) is 4.26. The quantitative estimate of drug-likeness (QED) is 0.884. The second kappa shape index (κ2) is 7.18. The van der Waals surface area contributed by atoms with Crippen LogP contribution in [0.25, 0.3) is 0 Å². The van der Waals surface area contributed by atoms with E-state index in [2.05, 4.69) is 0 Å². The maximum absolute atomic E-state index is 13.7. The van der Waals surface area contributed by atoms with Crippen LogP contribution in [0.4, 0.5) is 8.78 Å². The third-order valence-electron chi connectivity index (χ3n) is 3.44. The largest absolute Gasteiger partial charge is 0.497 e. The molecule has 0 aromatic heterocycles. The van der Waals surface area contributed by atoms with Crippen molar-refractivity contribution in [1.82, 2.24) is 0 Å². The molecule has 2 aromatic rings. The van der Waals surface area contributed by atoms with Gasteiger partial charge in [0.05, 0.1) is 7.11 Å². The first-order chi connectivity index (χ1) is 10.1. The summed E-state index contributed by atoms with van der Waals surface area (Å²) in [4.78, 5) is 0. The van der Waals surface area contributed by atoms with Gasteiger partial charge in [-0.1, -0.05) is 18.2 Å². The Morgan fingerprint density at radius 3 is 2.57 bits per heavy atom. The highest BCUT2D eigenvalue weighted by atomic mass is 19.1. The number of ether oxygens (including phenoxy) is 1. The zero-order valence-corrected chi connectivity index (χ0v) is 11.9. The lowest BCUT2D eigenvalue weighted by atomic mass is 9.93. The predicted molar refractivity (Wildman–Crippen MR) is 77.3 cm³/mol. The standard InChI is InChI=1S/C17H18F2O2/c1-21-16-4-2-3-12(9-16)7-13(11-20)8-14-5-6-15(18)10-17(14)19/h2-6,9-10,13,20H,7-8,11H2,1H3. The fourth-order valence-corrected chi connectivity index (χ4v) is 2.33. The Balaban J connectivity index is 2.09. The molecule has 1 unspecified atom stereocenters. The van der Waals surface area contributed by atoms with Crippen molar-refractivity contribution in [3.63, 3.8) is 0 Å². The van der Waals surface area contributed by atoms with Gasteiger partial charge < -0.3 is 9.84 Å². The van der Waals surface area contributed by atoms with Crippen LogP contribution in [-0.4, -0.2) is 18.8 Å². The van der Waals surface area contributed by atoms with E-state index in [4.69, 9.17) is 4.74 Å². The van der Waals surface area contributed by atoms with Crippen molar-refractivity contribution in [2.45, 2.75) is 12.8 Å². The van der Waals surface area contributed by atoms with Crippen LogP contribution >= 0.6 is 0 Å². The molecule has 0 saturated carbocycles. The Morgan fingerprint density at radius 2 is 1.90 bits per heavy atom. The Kier molecular flexibility index (Phi) is 5.28. The second-order valence-electron chi connectivity index (χ2n) is 5.04. The first-order valence-corrected chi connectivity index (χ1v) is 6.80. The van der Waals surface area contributed by atoms with Crippen molar-refractivity contribution in [3.05, 3.63) is 65.2 Å². The van der Waals surface area contributed by atoms with E-state index < -0.39 is 11.6 Å². The highest BCUT2D eigenvalue weighted by Gasteiger charge is 2.13. The molecule has 2 rings (SSSR count). The summed E-state index contributed by atoms with van der Waals surface area (Å²) in [6.07, 6.45) is 0.963. The van der Waals surface area contributed by atoms with Gasteiger partial charge in [-0.3, -0.25) is 0 Å². The highest BCUT2D eigenvalue weighted by Crippen LogP contribution is 2.20. The van der Waals surface area contributed by atoms with Crippen LogP contribution in [0, 0.1) is 17.6 Å². The molecule has 0 spiro atoms. The monoisotopic (exact) mass is 292 g/mol. The van der Waals surface area contributed by atoms with E-state index >= 15 is 0 Å². The van der Waals surface area contributed by atoms with Crippen molar-refractivity contribution in [3.8, 4) is 5.75 Å². The smallest absolute Gasteiger partial charge is 0.129 e.